The lowest BCUT2D eigenvalue weighted by molar-refractivity contribution is -0.136. The van der Waals surface area contributed by atoms with Gasteiger partial charge in [-0.1, -0.05) is 12.1 Å². The molecule has 3 nitrogen and oxygen atoms in total. The zero-order chi connectivity index (χ0) is 11.9. The molecule has 4 heteroatoms. The van der Waals surface area contributed by atoms with Crippen LogP contribution >= 0.6 is 11.8 Å². The van der Waals surface area contributed by atoms with Crippen molar-refractivity contribution >= 4 is 23.4 Å². The first kappa shape index (κ1) is 11.3. The van der Waals surface area contributed by atoms with Crippen molar-refractivity contribution in [3.63, 3.8) is 0 Å². The maximum atomic E-state index is 11.1. The molecule has 2 unspecified atom stereocenters. The third-order valence-electron chi connectivity index (χ3n) is 2.88. The molecule has 0 bridgehead atoms. The second-order valence-electron chi connectivity index (χ2n) is 4.21. The van der Waals surface area contributed by atoms with E-state index >= 15 is 0 Å². The predicted molar refractivity (Wildman–Crippen MR) is 66.3 cm³/mol. The van der Waals surface area contributed by atoms with Crippen LogP contribution in [-0.2, 0) is 4.79 Å². The van der Waals surface area contributed by atoms with E-state index in [1.54, 1.807) is 0 Å². The van der Waals surface area contributed by atoms with Gasteiger partial charge in [0.2, 0.25) is 0 Å². The Kier molecular flexibility index (Phi) is 2.84. The van der Waals surface area contributed by atoms with Gasteiger partial charge >= 0.3 is 5.97 Å². The summed E-state index contributed by atoms with van der Waals surface area (Å²) in [4.78, 5) is 12.2. The van der Waals surface area contributed by atoms with Crippen molar-refractivity contribution in [3.8, 4) is 0 Å². The Morgan fingerprint density at radius 2 is 2.00 bits per heavy atom. The molecule has 0 amide bonds. The molecule has 1 aromatic rings. The third kappa shape index (κ3) is 1.78. The number of aliphatic carboxylic acids is 1. The number of carboxylic acid groups (broad SMARTS) is 1. The van der Waals surface area contributed by atoms with Gasteiger partial charge in [-0.2, -0.15) is 0 Å². The SMILES string of the molecule is Cc1ccc(C)c2c1NC(C)C(C(=O)O)S2. The van der Waals surface area contributed by atoms with Gasteiger partial charge in [0, 0.05) is 10.9 Å². The van der Waals surface area contributed by atoms with Crippen LogP contribution in [0.3, 0.4) is 0 Å². The standard InChI is InChI=1S/C12H15NO2S/c1-6-4-5-7(2)10-9(6)13-8(3)11(16-10)12(14)15/h4-5,8,11,13H,1-3H3,(H,14,15). The molecule has 0 saturated heterocycles. The molecular weight excluding hydrogens is 222 g/mol. The molecule has 0 aromatic heterocycles. The third-order valence-corrected chi connectivity index (χ3v) is 4.50. The first-order valence-corrected chi connectivity index (χ1v) is 6.15. The van der Waals surface area contributed by atoms with E-state index in [2.05, 4.69) is 11.4 Å². The lowest BCUT2D eigenvalue weighted by atomic mass is 10.1. The number of nitrogens with one attached hydrogen (secondary N) is 1. The predicted octanol–water partition coefficient (Wildman–Crippen LogP) is 2.66. The Morgan fingerprint density at radius 1 is 1.38 bits per heavy atom. The Bertz CT molecular complexity index is 445. The maximum Gasteiger partial charge on any atom is 0.319 e. The molecule has 0 aliphatic carbocycles. The maximum absolute atomic E-state index is 11.1. The smallest absolute Gasteiger partial charge is 0.319 e. The highest BCUT2D eigenvalue weighted by Gasteiger charge is 2.32. The molecule has 0 spiro atoms. The minimum absolute atomic E-state index is 0.0458. The summed E-state index contributed by atoms with van der Waals surface area (Å²) in [6.07, 6.45) is 0. The fourth-order valence-corrected chi connectivity index (χ4v) is 3.13. The van der Waals surface area contributed by atoms with Crippen molar-refractivity contribution in [2.24, 2.45) is 0 Å². The molecule has 0 radical (unpaired) electrons. The van der Waals surface area contributed by atoms with Gasteiger partial charge in [-0.05, 0) is 31.9 Å². The number of aryl methyl sites for hydroxylation is 2. The summed E-state index contributed by atoms with van der Waals surface area (Å²) in [5, 5.41) is 12.0. The Hall–Kier alpha value is -1.16. The summed E-state index contributed by atoms with van der Waals surface area (Å²) in [7, 11) is 0. The number of anilines is 1. The van der Waals surface area contributed by atoms with Gasteiger partial charge in [0.05, 0.1) is 5.69 Å². The number of hydrogen-bond donors (Lipinski definition) is 2. The van der Waals surface area contributed by atoms with Gasteiger partial charge in [0.15, 0.2) is 0 Å². The van der Waals surface area contributed by atoms with Crippen LogP contribution in [0.5, 0.6) is 0 Å². The Balaban J connectivity index is 2.46. The van der Waals surface area contributed by atoms with Gasteiger partial charge in [-0.15, -0.1) is 11.8 Å². The summed E-state index contributed by atoms with van der Waals surface area (Å²) in [6, 6.07) is 4.06. The topological polar surface area (TPSA) is 49.3 Å². The van der Waals surface area contributed by atoms with E-state index < -0.39 is 11.2 Å². The van der Waals surface area contributed by atoms with E-state index in [0.29, 0.717) is 0 Å². The van der Waals surface area contributed by atoms with Gasteiger partial charge in [0.1, 0.15) is 5.25 Å². The van der Waals surface area contributed by atoms with Crippen molar-refractivity contribution in [3.05, 3.63) is 23.3 Å². The molecule has 0 fully saturated rings. The summed E-state index contributed by atoms with van der Waals surface area (Å²) in [5.74, 6) is -0.753. The van der Waals surface area contributed by atoms with Crippen LogP contribution in [0.1, 0.15) is 18.1 Å². The molecule has 0 saturated carbocycles. The first-order valence-electron chi connectivity index (χ1n) is 5.27. The van der Waals surface area contributed by atoms with E-state index in [0.717, 1.165) is 16.1 Å². The average molecular weight is 237 g/mol. The number of thioether (sulfide) groups is 1. The minimum atomic E-state index is -0.753. The quantitative estimate of drug-likeness (QED) is 0.788. The number of carboxylic acids is 1. The van der Waals surface area contributed by atoms with Crippen molar-refractivity contribution in [2.75, 3.05) is 5.32 Å². The number of rotatable bonds is 1. The van der Waals surface area contributed by atoms with Gasteiger partial charge in [-0.3, -0.25) is 4.79 Å². The number of benzene rings is 1. The summed E-state index contributed by atoms with van der Waals surface area (Å²) in [5.41, 5.74) is 3.40. The highest BCUT2D eigenvalue weighted by molar-refractivity contribution is 8.01. The molecule has 2 atom stereocenters. The molecule has 1 heterocycles. The molecule has 16 heavy (non-hydrogen) atoms. The zero-order valence-corrected chi connectivity index (χ0v) is 10.4. The molecule has 1 aromatic carbocycles. The van der Waals surface area contributed by atoms with Gasteiger partial charge in [-0.25, -0.2) is 0 Å². The van der Waals surface area contributed by atoms with E-state index in [1.807, 2.05) is 26.8 Å². The second-order valence-corrected chi connectivity index (χ2v) is 5.37. The Morgan fingerprint density at radius 3 is 2.62 bits per heavy atom. The van der Waals surface area contributed by atoms with Gasteiger partial charge < -0.3 is 10.4 Å². The van der Waals surface area contributed by atoms with E-state index in [-0.39, 0.29) is 6.04 Å². The number of hydrogen-bond acceptors (Lipinski definition) is 3. The van der Waals surface area contributed by atoms with E-state index in [4.69, 9.17) is 5.11 Å². The molecule has 2 N–H and O–H groups in total. The van der Waals surface area contributed by atoms with Crippen molar-refractivity contribution in [1.29, 1.82) is 0 Å². The van der Waals surface area contributed by atoms with Crippen LogP contribution in [-0.4, -0.2) is 22.4 Å². The molecule has 2 rings (SSSR count). The van der Waals surface area contributed by atoms with Crippen LogP contribution in [0.2, 0.25) is 0 Å². The normalized spacial score (nSPS) is 23.4. The zero-order valence-electron chi connectivity index (χ0n) is 9.57. The fourth-order valence-electron chi connectivity index (χ4n) is 1.91. The van der Waals surface area contributed by atoms with Gasteiger partial charge in [0.25, 0.3) is 0 Å². The molecule has 1 aliphatic heterocycles. The fraction of sp³-hybridized carbons (Fsp3) is 0.417. The first-order chi connectivity index (χ1) is 7.50. The van der Waals surface area contributed by atoms with Crippen LogP contribution in [0, 0.1) is 13.8 Å². The monoisotopic (exact) mass is 237 g/mol. The van der Waals surface area contributed by atoms with Crippen LogP contribution in [0.4, 0.5) is 5.69 Å². The molecule has 1 aliphatic rings. The van der Waals surface area contributed by atoms with Crippen molar-refractivity contribution in [2.45, 2.75) is 37.0 Å². The summed E-state index contributed by atoms with van der Waals surface area (Å²) >= 11 is 1.45. The molecule has 86 valence electrons. The van der Waals surface area contributed by atoms with Crippen LogP contribution < -0.4 is 5.32 Å². The van der Waals surface area contributed by atoms with Crippen molar-refractivity contribution < 1.29 is 9.90 Å². The lowest BCUT2D eigenvalue weighted by Crippen LogP contribution is -2.38. The summed E-state index contributed by atoms with van der Waals surface area (Å²) < 4.78 is 0. The number of fused-ring (bicyclic) bond motifs is 1. The lowest BCUT2D eigenvalue weighted by Gasteiger charge is -2.31. The highest BCUT2D eigenvalue weighted by atomic mass is 32.2. The minimum Gasteiger partial charge on any atom is -0.480 e. The number of carbonyl (C=O) groups is 1. The average Bonchev–Trinajstić information content (AvgIpc) is 2.23. The van der Waals surface area contributed by atoms with E-state index in [9.17, 15) is 4.79 Å². The summed E-state index contributed by atoms with van der Waals surface area (Å²) in [6.45, 7) is 5.97. The second kappa shape index (κ2) is 4.01. The molecular formula is C12H15NO2S. The Labute approximate surface area is 99.2 Å². The van der Waals surface area contributed by atoms with Crippen molar-refractivity contribution in [1.82, 2.24) is 0 Å². The van der Waals surface area contributed by atoms with Crippen LogP contribution in [0.15, 0.2) is 17.0 Å². The van der Waals surface area contributed by atoms with E-state index in [1.165, 1.54) is 17.3 Å². The largest absolute Gasteiger partial charge is 0.480 e. The highest BCUT2D eigenvalue weighted by Crippen LogP contribution is 2.41. The van der Waals surface area contributed by atoms with Crippen LogP contribution in [0.25, 0.3) is 0 Å².